The molecule has 4 bridgehead atoms. The average molecular weight is 545 g/mol. The monoisotopic (exact) mass is 544 g/mol. The molecule has 6 unspecified atom stereocenters. The van der Waals surface area contributed by atoms with Crippen LogP contribution >= 0.6 is 0 Å². The first kappa shape index (κ1) is 32.8. The number of rotatable bonds is 8. The highest BCUT2D eigenvalue weighted by Gasteiger charge is 2.63. The number of ether oxygens (including phenoxy) is 1. The lowest BCUT2D eigenvalue weighted by Crippen LogP contribution is -2.38. The van der Waals surface area contributed by atoms with Crippen molar-refractivity contribution in [3.63, 3.8) is 0 Å². The maximum atomic E-state index is 11.3. The molecular formula is C33H52O6. The molecule has 4 aliphatic carbocycles. The van der Waals surface area contributed by atoms with E-state index in [9.17, 15) is 14.4 Å². The molecule has 4 rings (SSSR count). The van der Waals surface area contributed by atoms with E-state index in [1.807, 2.05) is 6.08 Å². The van der Waals surface area contributed by atoms with Crippen LogP contribution in [0.25, 0.3) is 0 Å². The highest BCUT2D eigenvalue weighted by Crippen LogP contribution is 2.68. The molecule has 0 radical (unpaired) electrons. The second kappa shape index (κ2) is 12.9. The number of aliphatic carboxylic acids is 2. The summed E-state index contributed by atoms with van der Waals surface area (Å²) in [6, 6.07) is 0. The van der Waals surface area contributed by atoms with Crippen molar-refractivity contribution < 1.29 is 29.3 Å². The predicted molar refractivity (Wildman–Crippen MR) is 155 cm³/mol. The van der Waals surface area contributed by atoms with Gasteiger partial charge in [0.05, 0.1) is 0 Å². The molecule has 2 N–H and O–H groups in total. The van der Waals surface area contributed by atoms with Crippen molar-refractivity contribution in [3.8, 4) is 0 Å². The third-order valence-electron chi connectivity index (χ3n) is 11.5. The van der Waals surface area contributed by atoms with Crippen LogP contribution in [0, 0.1) is 39.4 Å². The Bertz CT molecular complexity index is 959. The number of hydrogen-bond acceptors (Lipinski definition) is 4. The first-order valence-electron chi connectivity index (χ1n) is 14.7. The highest BCUT2D eigenvalue weighted by molar-refractivity contribution is 5.81. The minimum atomic E-state index is -0.855. The number of carbonyl (C=O) groups excluding carboxylic acids is 1. The van der Waals surface area contributed by atoms with E-state index in [0.29, 0.717) is 28.1 Å². The van der Waals surface area contributed by atoms with E-state index >= 15 is 0 Å². The summed E-state index contributed by atoms with van der Waals surface area (Å²) in [4.78, 5) is 31.7. The molecule has 0 spiro atoms. The summed E-state index contributed by atoms with van der Waals surface area (Å²) in [6.45, 7) is 19.4. The quantitative estimate of drug-likeness (QED) is 0.183. The molecule has 39 heavy (non-hydrogen) atoms. The summed E-state index contributed by atoms with van der Waals surface area (Å²) in [5.41, 5.74) is 1.15. The van der Waals surface area contributed by atoms with Crippen molar-refractivity contribution in [3.05, 3.63) is 37.0 Å². The summed E-state index contributed by atoms with van der Waals surface area (Å²) in [7, 11) is 0. The van der Waals surface area contributed by atoms with Crippen molar-refractivity contribution in [1.82, 2.24) is 0 Å². The zero-order chi connectivity index (χ0) is 29.6. The van der Waals surface area contributed by atoms with Crippen molar-refractivity contribution in [1.29, 1.82) is 0 Å². The van der Waals surface area contributed by atoms with Gasteiger partial charge in [0.2, 0.25) is 0 Å². The Labute approximate surface area is 236 Å². The Balaban J connectivity index is 0.000000213. The van der Waals surface area contributed by atoms with Crippen LogP contribution in [-0.4, -0.2) is 34.2 Å². The van der Waals surface area contributed by atoms with Crippen molar-refractivity contribution in [2.45, 2.75) is 112 Å². The van der Waals surface area contributed by atoms with Crippen LogP contribution in [0.15, 0.2) is 37.0 Å². The van der Waals surface area contributed by atoms with Gasteiger partial charge in [0.25, 0.3) is 0 Å². The van der Waals surface area contributed by atoms with E-state index in [4.69, 9.17) is 14.9 Å². The molecular weight excluding hydrogens is 492 g/mol. The van der Waals surface area contributed by atoms with Crippen LogP contribution in [0.1, 0.15) is 106 Å². The fourth-order valence-electron chi connectivity index (χ4n) is 7.76. The zero-order valence-corrected chi connectivity index (χ0v) is 25.3. The Morgan fingerprint density at radius 3 is 1.79 bits per heavy atom. The van der Waals surface area contributed by atoms with Gasteiger partial charge in [-0.3, -0.25) is 0 Å². The molecule has 4 aliphatic rings. The van der Waals surface area contributed by atoms with Gasteiger partial charge in [-0.05, 0) is 78.9 Å². The third kappa shape index (κ3) is 6.86. The van der Waals surface area contributed by atoms with Gasteiger partial charge in [-0.15, -0.1) is 0 Å². The van der Waals surface area contributed by atoms with Crippen LogP contribution in [-0.2, 0) is 19.1 Å². The molecule has 0 amide bonds. The summed E-state index contributed by atoms with van der Waals surface area (Å²) in [6.07, 6.45) is 17.8. The van der Waals surface area contributed by atoms with Gasteiger partial charge < -0.3 is 14.9 Å². The second-order valence-electron chi connectivity index (χ2n) is 13.5. The summed E-state index contributed by atoms with van der Waals surface area (Å²) in [5, 5.41) is 16.8. The van der Waals surface area contributed by atoms with Gasteiger partial charge in [-0.2, -0.15) is 0 Å². The molecule has 6 nitrogen and oxygen atoms in total. The number of carboxylic acids is 2. The van der Waals surface area contributed by atoms with Crippen LogP contribution in [0.2, 0.25) is 0 Å². The Hall–Kier alpha value is -2.37. The number of fused-ring (bicyclic) bond motifs is 4. The first-order chi connectivity index (χ1) is 18.1. The summed E-state index contributed by atoms with van der Waals surface area (Å²) in [5.74, 6) is 0.00766. The largest absolute Gasteiger partial charge is 0.478 e. The molecule has 0 aromatic rings. The Kier molecular flexibility index (Phi) is 10.8. The molecule has 0 heterocycles. The van der Waals surface area contributed by atoms with Crippen LogP contribution < -0.4 is 0 Å². The standard InChI is InChI=1S/2C13H20O2.C7H12O2/c1-12(2)9-6-7-13(12,3)10(8-9)4-5-11(14)15;1-5-11(14)15-10-8-9-6-7-13(10,4)12(9,2)3;1-2-3-4-5-6-7(8)9/h4-5,9-10H,6-8H2,1-3H3,(H,14,15);5,9-10H,1,6-8H2,2-4H3;5-6H,2-4H2,1H3,(H,8,9). The zero-order valence-electron chi connectivity index (χ0n) is 25.3. The third-order valence-corrected chi connectivity index (χ3v) is 11.5. The maximum Gasteiger partial charge on any atom is 0.330 e. The normalized spacial score (nSPS) is 34.7. The summed E-state index contributed by atoms with van der Waals surface area (Å²) < 4.78 is 5.48. The van der Waals surface area contributed by atoms with E-state index < -0.39 is 11.9 Å². The lowest BCUT2D eigenvalue weighted by molar-refractivity contribution is -0.150. The van der Waals surface area contributed by atoms with E-state index in [-0.39, 0.29) is 17.5 Å². The molecule has 4 fully saturated rings. The van der Waals surface area contributed by atoms with E-state index in [1.165, 1.54) is 50.3 Å². The topological polar surface area (TPSA) is 101 Å². The van der Waals surface area contributed by atoms with Gasteiger partial charge in [0.1, 0.15) is 6.10 Å². The first-order valence-corrected chi connectivity index (χ1v) is 14.7. The van der Waals surface area contributed by atoms with E-state index in [0.717, 1.165) is 31.6 Å². The number of allylic oxidation sites excluding steroid dienone is 2. The van der Waals surface area contributed by atoms with E-state index in [2.05, 4.69) is 55.0 Å². The maximum absolute atomic E-state index is 11.3. The minimum absolute atomic E-state index is 0.0942. The predicted octanol–water partition coefficient (Wildman–Crippen LogP) is 7.84. The molecule has 220 valence electrons. The molecule has 6 heteroatoms. The fraction of sp³-hybridized carbons (Fsp3) is 0.727. The van der Waals surface area contributed by atoms with Crippen molar-refractivity contribution in [2.75, 3.05) is 0 Å². The number of esters is 1. The SMILES string of the molecule is C=CC(=O)OC1CC2CCC1(C)C2(C)C.CC1(C)C2CCC1(C)C(C=CC(=O)O)C2.CCCCC=CC(=O)O. The average Bonchev–Trinajstić information content (AvgIpc) is 3.38. The van der Waals surface area contributed by atoms with Crippen LogP contribution in [0.4, 0.5) is 0 Å². The molecule has 6 atom stereocenters. The van der Waals surface area contributed by atoms with Gasteiger partial charge in [-0.25, -0.2) is 14.4 Å². The number of hydrogen-bond donors (Lipinski definition) is 2. The van der Waals surface area contributed by atoms with Gasteiger partial charge in [0.15, 0.2) is 0 Å². The van der Waals surface area contributed by atoms with Crippen molar-refractivity contribution >= 4 is 17.9 Å². The van der Waals surface area contributed by atoms with Crippen LogP contribution in [0.3, 0.4) is 0 Å². The summed E-state index contributed by atoms with van der Waals surface area (Å²) >= 11 is 0. The second-order valence-corrected chi connectivity index (χ2v) is 13.5. The minimum Gasteiger partial charge on any atom is -0.478 e. The number of carbonyl (C=O) groups is 3. The van der Waals surface area contributed by atoms with Crippen LogP contribution in [0.5, 0.6) is 0 Å². The smallest absolute Gasteiger partial charge is 0.330 e. The Morgan fingerprint density at radius 2 is 1.41 bits per heavy atom. The fourth-order valence-corrected chi connectivity index (χ4v) is 7.76. The van der Waals surface area contributed by atoms with Crippen molar-refractivity contribution in [2.24, 2.45) is 39.4 Å². The van der Waals surface area contributed by atoms with E-state index in [1.54, 1.807) is 6.08 Å². The lowest BCUT2D eigenvalue weighted by Gasteiger charge is -2.38. The number of unbranched alkanes of at least 4 members (excludes halogenated alkanes) is 2. The molecule has 0 aliphatic heterocycles. The van der Waals surface area contributed by atoms with Gasteiger partial charge >= 0.3 is 17.9 Å². The molecule has 0 saturated heterocycles. The van der Waals surface area contributed by atoms with Gasteiger partial charge in [0, 0.05) is 23.6 Å². The molecule has 4 saturated carbocycles. The van der Waals surface area contributed by atoms with Gasteiger partial charge in [-0.1, -0.05) is 80.0 Å². The number of carboxylic acid groups (broad SMARTS) is 2. The molecule has 0 aromatic heterocycles. The lowest BCUT2D eigenvalue weighted by atomic mass is 9.67. The highest BCUT2D eigenvalue weighted by atomic mass is 16.5. The Morgan fingerprint density at radius 1 is 0.872 bits per heavy atom. The molecule has 0 aromatic carbocycles.